The van der Waals surface area contributed by atoms with Crippen LogP contribution in [-0.4, -0.2) is 24.3 Å². The summed E-state index contributed by atoms with van der Waals surface area (Å²) < 4.78 is 47.8. The molecule has 1 aromatic rings. The van der Waals surface area contributed by atoms with Crippen LogP contribution in [0.3, 0.4) is 0 Å². The Morgan fingerprint density at radius 2 is 2.15 bits per heavy atom. The lowest BCUT2D eigenvalue weighted by molar-refractivity contribution is -0.275. The fourth-order valence-corrected chi connectivity index (χ4v) is 3.24. The molecule has 0 saturated carbocycles. The SMILES string of the molecule is C=CN1/C(=C\C)CCC1(C(=O)OC)c1ccc(C#N)cc1OC(F)(F)F. The predicted molar refractivity (Wildman–Crippen MR) is 86.6 cm³/mol. The number of likely N-dealkylation sites (tertiary alicyclic amines) is 1. The second-order valence-corrected chi connectivity index (χ2v) is 5.55. The number of benzene rings is 1. The largest absolute Gasteiger partial charge is 0.573 e. The Bertz CT molecular complexity index is 796. The third-order valence-corrected chi connectivity index (χ3v) is 4.28. The Morgan fingerprint density at radius 1 is 1.46 bits per heavy atom. The van der Waals surface area contributed by atoms with Gasteiger partial charge in [0.25, 0.3) is 0 Å². The molecule has 8 heteroatoms. The molecule has 1 aromatic carbocycles. The first-order chi connectivity index (χ1) is 12.2. The van der Waals surface area contributed by atoms with E-state index in [-0.39, 0.29) is 17.5 Å². The Balaban J connectivity index is 2.76. The third kappa shape index (κ3) is 3.25. The number of carbonyl (C=O) groups is 1. The number of esters is 1. The molecule has 0 spiro atoms. The molecule has 2 rings (SSSR count). The number of halogens is 3. The number of nitrogens with zero attached hydrogens (tertiary/aromatic N) is 2. The standard InChI is InChI=1S/C18H17F3N2O3/c1-4-13-8-9-17(16(24)25-3,23(13)5-2)14-7-6-12(11-22)10-15(14)26-18(19,20)21/h4-7,10H,2,8-9H2,1,3H3/b13-4-. The molecule has 1 atom stereocenters. The Kier molecular flexibility index (Phi) is 5.30. The Hall–Kier alpha value is -2.95. The van der Waals surface area contributed by atoms with Crippen LogP contribution in [0.4, 0.5) is 13.2 Å². The first kappa shape index (κ1) is 19.4. The van der Waals surface area contributed by atoms with Gasteiger partial charge in [-0.3, -0.25) is 0 Å². The van der Waals surface area contributed by atoms with E-state index in [0.717, 1.165) is 13.2 Å². The van der Waals surface area contributed by atoms with E-state index >= 15 is 0 Å². The van der Waals surface area contributed by atoms with Crippen molar-refractivity contribution in [3.8, 4) is 11.8 Å². The Labute approximate surface area is 148 Å². The highest BCUT2D eigenvalue weighted by molar-refractivity contribution is 5.85. The summed E-state index contributed by atoms with van der Waals surface area (Å²) in [5.41, 5.74) is -0.917. The number of methoxy groups -OCH3 is 1. The summed E-state index contributed by atoms with van der Waals surface area (Å²) in [4.78, 5) is 14.2. The fraction of sp³-hybridized carbons (Fsp3) is 0.333. The highest BCUT2D eigenvalue weighted by Crippen LogP contribution is 2.49. The van der Waals surface area contributed by atoms with Crippen molar-refractivity contribution >= 4 is 5.97 Å². The third-order valence-electron chi connectivity index (χ3n) is 4.28. The van der Waals surface area contributed by atoms with E-state index in [2.05, 4.69) is 11.3 Å². The zero-order valence-electron chi connectivity index (χ0n) is 14.3. The predicted octanol–water partition coefficient (Wildman–Crippen LogP) is 3.97. The van der Waals surface area contributed by atoms with E-state index in [1.165, 1.54) is 23.2 Å². The number of allylic oxidation sites excluding steroid dienone is 2. The van der Waals surface area contributed by atoms with Crippen LogP contribution in [0.15, 0.2) is 42.8 Å². The van der Waals surface area contributed by atoms with Gasteiger partial charge >= 0.3 is 12.3 Å². The second kappa shape index (κ2) is 7.12. The lowest BCUT2D eigenvalue weighted by Crippen LogP contribution is -2.46. The molecule has 0 aliphatic carbocycles. The maximum Gasteiger partial charge on any atom is 0.573 e. The van der Waals surface area contributed by atoms with Crippen LogP contribution in [0, 0.1) is 11.3 Å². The van der Waals surface area contributed by atoms with Gasteiger partial charge < -0.3 is 14.4 Å². The lowest BCUT2D eigenvalue weighted by atomic mass is 9.86. The molecule has 1 aliphatic rings. The quantitative estimate of drug-likeness (QED) is 0.755. The van der Waals surface area contributed by atoms with Gasteiger partial charge in [0.1, 0.15) is 5.75 Å². The molecular weight excluding hydrogens is 349 g/mol. The Morgan fingerprint density at radius 3 is 2.65 bits per heavy atom. The molecule has 1 heterocycles. The molecule has 26 heavy (non-hydrogen) atoms. The topological polar surface area (TPSA) is 62.6 Å². The van der Waals surface area contributed by atoms with Crippen LogP contribution in [0.5, 0.6) is 5.75 Å². The molecule has 1 saturated heterocycles. The summed E-state index contributed by atoms with van der Waals surface area (Å²) in [6.07, 6.45) is -1.26. The maximum absolute atomic E-state index is 12.9. The number of hydrogen-bond donors (Lipinski definition) is 0. The molecule has 138 valence electrons. The fourth-order valence-electron chi connectivity index (χ4n) is 3.24. The van der Waals surface area contributed by atoms with Gasteiger partial charge in [0.05, 0.1) is 18.7 Å². The van der Waals surface area contributed by atoms with E-state index < -0.39 is 23.6 Å². The summed E-state index contributed by atoms with van der Waals surface area (Å²) in [6.45, 7) is 5.43. The molecule has 1 aliphatic heterocycles. The van der Waals surface area contributed by atoms with Crippen molar-refractivity contribution in [2.45, 2.75) is 31.7 Å². The molecule has 5 nitrogen and oxygen atoms in total. The van der Waals surface area contributed by atoms with Crippen molar-refractivity contribution in [2.75, 3.05) is 7.11 Å². The van der Waals surface area contributed by atoms with Gasteiger partial charge in [0.2, 0.25) is 0 Å². The first-order valence-electron chi connectivity index (χ1n) is 7.69. The van der Waals surface area contributed by atoms with Crippen molar-refractivity contribution in [1.82, 2.24) is 4.90 Å². The van der Waals surface area contributed by atoms with Crippen LogP contribution < -0.4 is 4.74 Å². The smallest absolute Gasteiger partial charge is 0.467 e. The summed E-state index contributed by atoms with van der Waals surface area (Å²) in [5, 5.41) is 9.00. The average Bonchev–Trinajstić information content (AvgIpc) is 2.98. The van der Waals surface area contributed by atoms with Gasteiger partial charge in [-0.2, -0.15) is 5.26 Å². The highest BCUT2D eigenvalue weighted by atomic mass is 19.4. The van der Waals surface area contributed by atoms with Crippen molar-refractivity contribution in [2.24, 2.45) is 0 Å². The lowest BCUT2D eigenvalue weighted by Gasteiger charge is -2.36. The summed E-state index contributed by atoms with van der Waals surface area (Å²) in [7, 11) is 1.16. The maximum atomic E-state index is 12.9. The van der Waals surface area contributed by atoms with Crippen LogP contribution in [0.1, 0.15) is 30.9 Å². The number of ether oxygens (including phenoxy) is 2. The van der Waals surface area contributed by atoms with E-state index in [1.54, 1.807) is 19.1 Å². The van der Waals surface area contributed by atoms with Crippen molar-refractivity contribution in [1.29, 1.82) is 5.26 Å². The minimum Gasteiger partial charge on any atom is -0.467 e. The minimum absolute atomic E-state index is 0.0255. The molecule has 1 fully saturated rings. The number of nitriles is 1. The highest BCUT2D eigenvalue weighted by Gasteiger charge is 2.53. The minimum atomic E-state index is -4.98. The van der Waals surface area contributed by atoms with Crippen molar-refractivity contribution < 1.29 is 27.4 Å². The molecule has 0 aromatic heterocycles. The van der Waals surface area contributed by atoms with Crippen molar-refractivity contribution in [3.63, 3.8) is 0 Å². The second-order valence-electron chi connectivity index (χ2n) is 5.55. The van der Waals surface area contributed by atoms with Gasteiger partial charge in [0, 0.05) is 11.3 Å². The molecule has 0 radical (unpaired) electrons. The van der Waals surface area contributed by atoms with Gasteiger partial charge in [0.15, 0.2) is 5.54 Å². The van der Waals surface area contributed by atoms with Gasteiger partial charge in [-0.05, 0) is 38.1 Å². The van der Waals surface area contributed by atoms with Crippen LogP contribution in [0.2, 0.25) is 0 Å². The average molecular weight is 366 g/mol. The van der Waals surface area contributed by atoms with Gasteiger partial charge in [-0.15, -0.1) is 13.2 Å². The van der Waals surface area contributed by atoms with Crippen LogP contribution >= 0.6 is 0 Å². The summed E-state index contributed by atoms with van der Waals surface area (Å²) in [6, 6.07) is 5.34. The number of alkyl halides is 3. The number of rotatable bonds is 4. The normalized spacial score (nSPS) is 21.4. The first-order valence-corrected chi connectivity index (χ1v) is 7.69. The number of hydrogen-bond acceptors (Lipinski definition) is 5. The van der Waals surface area contributed by atoms with Crippen molar-refractivity contribution in [3.05, 3.63) is 53.9 Å². The number of carbonyl (C=O) groups excluding carboxylic acids is 1. The van der Waals surface area contributed by atoms with Crippen LogP contribution in [0.25, 0.3) is 0 Å². The van der Waals surface area contributed by atoms with Gasteiger partial charge in [-0.25, -0.2) is 4.79 Å². The molecule has 0 bridgehead atoms. The molecule has 0 N–H and O–H groups in total. The van der Waals surface area contributed by atoms with E-state index in [4.69, 9.17) is 10.00 Å². The zero-order valence-corrected chi connectivity index (χ0v) is 14.3. The van der Waals surface area contributed by atoms with E-state index in [9.17, 15) is 18.0 Å². The molecular formula is C18H17F3N2O3. The molecule has 0 amide bonds. The summed E-state index contributed by atoms with van der Waals surface area (Å²) in [5.74, 6) is -1.36. The van der Waals surface area contributed by atoms with E-state index in [1.807, 2.05) is 0 Å². The van der Waals surface area contributed by atoms with Gasteiger partial charge in [-0.1, -0.05) is 18.7 Å². The molecule has 1 unspecified atom stereocenters. The van der Waals surface area contributed by atoms with Crippen LogP contribution in [-0.2, 0) is 15.1 Å². The van der Waals surface area contributed by atoms with E-state index in [0.29, 0.717) is 12.1 Å². The summed E-state index contributed by atoms with van der Waals surface area (Å²) >= 11 is 0. The monoisotopic (exact) mass is 366 g/mol. The zero-order chi connectivity index (χ0) is 19.5.